The van der Waals surface area contributed by atoms with Crippen LogP contribution in [0.5, 0.6) is 0 Å². The number of hydrogen-bond donors (Lipinski definition) is 3. The number of hydrazine groups is 1. The van der Waals surface area contributed by atoms with E-state index < -0.39 is 11.7 Å². The minimum atomic E-state index is -0.798. The smallest absolute Gasteiger partial charge is 0.254 e. The van der Waals surface area contributed by atoms with Crippen molar-refractivity contribution in [2.45, 2.75) is 18.9 Å². The molecule has 1 aromatic rings. The number of pyridine rings is 1. The highest BCUT2D eigenvalue weighted by Crippen LogP contribution is 2.15. The van der Waals surface area contributed by atoms with Gasteiger partial charge in [-0.05, 0) is 12.5 Å². The fourth-order valence-corrected chi connectivity index (χ4v) is 2.11. The van der Waals surface area contributed by atoms with Gasteiger partial charge in [-0.25, -0.2) is 15.2 Å². The van der Waals surface area contributed by atoms with E-state index >= 15 is 0 Å². The molecule has 1 fully saturated rings. The highest BCUT2D eigenvalue weighted by atomic mass is 19.1. The number of nitrogens with two attached hydrogens (primary N) is 1. The Morgan fingerprint density at radius 3 is 3.00 bits per heavy atom. The van der Waals surface area contributed by atoms with E-state index in [4.69, 9.17) is 5.84 Å². The first-order valence-corrected chi connectivity index (χ1v) is 6.19. The van der Waals surface area contributed by atoms with Gasteiger partial charge in [0.2, 0.25) is 5.91 Å². The Labute approximate surface area is 115 Å². The van der Waals surface area contributed by atoms with Crippen molar-refractivity contribution in [2.24, 2.45) is 5.84 Å². The number of amides is 2. The van der Waals surface area contributed by atoms with Gasteiger partial charge in [-0.2, -0.15) is 0 Å². The summed E-state index contributed by atoms with van der Waals surface area (Å²) in [6, 6.07) is 1.09. The van der Waals surface area contributed by atoms with E-state index in [1.165, 1.54) is 12.3 Å². The number of carbonyl (C=O) groups is 2. The lowest BCUT2D eigenvalue weighted by Crippen LogP contribution is -2.48. The van der Waals surface area contributed by atoms with E-state index in [2.05, 4.69) is 15.7 Å². The van der Waals surface area contributed by atoms with E-state index in [-0.39, 0.29) is 23.3 Å². The van der Waals surface area contributed by atoms with Crippen LogP contribution in [0.15, 0.2) is 12.3 Å². The van der Waals surface area contributed by atoms with Gasteiger partial charge in [0.1, 0.15) is 0 Å². The average Bonchev–Trinajstić information content (AvgIpc) is 2.43. The third kappa shape index (κ3) is 2.85. The number of anilines is 1. The summed E-state index contributed by atoms with van der Waals surface area (Å²) < 4.78 is 13.9. The maximum Gasteiger partial charge on any atom is 0.254 e. The van der Waals surface area contributed by atoms with Crippen LogP contribution in [0.4, 0.5) is 10.2 Å². The predicted octanol–water partition coefficient (Wildman–Crippen LogP) is -0.143. The zero-order valence-corrected chi connectivity index (χ0v) is 11.0. The normalized spacial score (nSPS) is 18.9. The Kier molecular flexibility index (Phi) is 4.14. The van der Waals surface area contributed by atoms with Gasteiger partial charge in [-0.3, -0.25) is 9.59 Å². The van der Waals surface area contributed by atoms with Gasteiger partial charge in [-0.1, -0.05) is 0 Å². The van der Waals surface area contributed by atoms with Gasteiger partial charge in [0.25, 0.3) is 5.91 Å². The monoisotopic (exact) mass is 281 g/mol. The molecule has 8 heteroatoms. The number of hydrogen-bond acceptors (Lipinski definition) is 5. The number of halogens is 1. The molecule has 1 aromatic heterocycles. The number of likely N-dealkylation sites (N-methyl/N-ethyl adjacent to an activating group) is 1. The first kappa shape index (κ1) is 14.2. The summed E-state index contributed by atoms with van der Waals surface area (Å²) in [5.41, 5.74) is 1.96. The van der Waals surface area contributed by atoms with Crippen LogP contribution in [0.2, 0.25) is 0 Å². The summed E-state index contributed by atoms with van der Waals surface area (Å²) in [6.45, 7) is 0.416. The highest BCUT2D eigenvalue weighted by molar-refractivity contribution is 5.95. The lowest BCUT2D eigenvalue weighted by Gasteiger charge is -2.30. The Morgan fingerprint density at radius 2 is 2.35 bits per heavy atom. The van der Waals surface area contributed by atoms with E-state index in [0.717, 1.165) is 0 Å². The number of likely N-dealkylation sites (tertiary alicyclic amines) is 1. The summed E-state index contributed by atoms with van der Waals surface area (Å²) in [4.78, 5) is 28.6. The molecule has 0 aromatic carbocycles. The molecule has 0 bridgehead atoms. The molecule has 2 heterocycles. The fraction of sp³-hybridized carbons (Fsp3) is 0.417. The van der Waals surface area contributed by atoms with Gasteiger partial charge in [0, 0.05) is 32.3 Å². The summed E-state index contributed by atoms with van der Waals surface area (Å²) in [5, 5.41) is 2.71. The van der Waals surface area contributed by atoms with Crippen LogP contribution in [0, 0.1) is 5.82 Å². The maximum absolute atomic E-state index is 13.9. The largest absolute Gasteiger partial charge is 0.347 e. The molecule has 108 valence electrons. The highest BCUT2D eigenvalue weighted by Gasteiger charge is 2.25. The third-order valence-electron chi connectivity index (χ3n) is 3.23. The average molecular weight is 281 g/mol. The van der Waals surface area contributed by atoms with Crippen LogP contribution >= 0.6 is 0 Å². The van der Waals surface area contributed by atoms with E-state index in [1.807, 2.05) is 0 Å². The Bertz CT molecular complexity index is 537. The summed E-state index contributed by atoms with van der Waals surface area (Å²) in [6.07, 6.45) is 2.21. The molecule has 0 spiro atoms. The van der Waals surface area contributed by atoms with Gasteiger partial charge in [0.15, 0.2) is 11.6 Å². The van der Waals surface area contributed by atoms with Crippen LogP contribution in [0.1, 0.15) is 23.2 Å². The molecule has 1 saturated heterocycles. The molecule has 4 N–H and O–H groups in total. The Morgan fingerprint density at radius 1 is 1.60 bits per heavy atom. The minimum absolute atomic E-state index is 0.0419. The zero-order chi connectivity index (χ0) is 14.7. The van der Waals surface area contributed by atoms with Gasteiger partial charge < -0.3 is 15.6 Å². The lowest BCUT2D eigenvalue weighted by atomic mass is 10.1. The van der Waals surface area contributed by atoms with Crippen LogP contribution < -0.4 is 16.6 Å². The molecule has 0 saturated carbocycles. The number of aromatic nitrogens is 1. The molecular formula is C12H16FN5O2. The molecule has 0 aliphatic carbocycles. The number of nitrogens with one attached hydrogen (secondary N) is 2. The van der Waals surface area contributed by atoms with Crippen molar-refractivity contribution in [3.05, 3.63) is 23.6 Å². The van der Waals surface area contributed by atoms with Crippen LogP contribution in [-0.2, 0) is 4.79 Å². The molecule has 2 rings (SSSR count). The van der Waals surface area contributed by atoms with Gasteiger partial charge >= 0.3 is 0 Å². The van der Waals surface area contributed by atoms with Crippen molar-refractivity contribution < 1.29 is 14.0 Å². The molecule has 20 heavy (non-hydrogen) atoms. The standard InChI is InChI=1S/C12H16FN5O2/c1-18-6-7(2-3-9(18)19)16-12(20)8-4-5-15-11(17-14)10(8)13/h4-5,7H,2-3,6,14H2,1H3,(H,15,17)(H,16,20). The molecule has 2 amide bonds. The van der Waals surface area contributed by atoms with Gasteiger partial charge in [0.05, 0.1) is 5.56 Å². The summed E-state index contributed by atoms with van der Waals surface area (Å²) >= 11 is 0. The predicted molar refractivity (Wildman–Crippen MR) is 70.1 cm³/mol. The van der Waals surface area contributed by atoms with Crippen molar-refractivity contribution in [1.82, 2.24) is 15.2 Å². The molecule has 1 aliphatic rings. The second kappa shape index (κ2) is 5.83. The van der Waals surface area contributed by atoms with Crippen molar-refractivity contribution in [2.75, 3.05) is 19.0 Å². The topological polar surface area (TPSA) is 100 Å². The number of nitrogens with zero attached hydrogens (tertiary/aromatic N) is 2. The third-order valence-corrected chi connectivity index (χ3v) is 3.23. The fourth-order valence-electron chi connectivity index (χ4n) is 2.11. The van der Waals surface area contributed by atoms with Gasteiger partial charge in [-0.15, -0.1) is 0 Å². The number of piperidine rings is 1. The maximum atomic E-state index is 13.9. The van der Waals surface area contributed by atoms with Crippen LogP contribution in [0.25, 0.3) is 0 Å². The molecule has 7 nitrogen and oxygen atoms in total. The zero-order valence-electron chi connectivity index (χ0n) is 11.0. The van der Waals surface area contributed by atoms with E-state index in [9.17, 15) is 14.0 Å². The molecular weight excluding hydrogens is 265 g/mol. The molecule has 1 unspecified atom stereocenters. The molecule has 1 aliphatic heterocycles. The Balaban J connectivity index is 2.07. The van der Waals surface area contributed by atoms with E-state index in [1.54, 1.807) is 11.9 Å². The molecule has 0 radical (unpaired) electrons. The minimum Gasteiger partial charge on any atom is -0.347 e. The number of carbonyl (C=O) groups excluding carboxylic acids is 2. The van der Waals surface area contributed by atoms with Crippen LogP contribution in [0.3, 0.4) is 0 Å². The summed E-state index contributed by atoms with van der Waals surface area (Å²) in [5.74, 6) is 3.62. The van der Waals surface area contributed by atoms with Crippen molar-refractivity contribution >= 4 is 17.6 Å². The van der Waals surface area contributed by atoms with Crippen molar-refractivity contribution in [1.29, 1.82) is 0 Å². The first-order valence-electron chi connectivity index (χ1n) is 6.19. The Hall–Kier alpha value is -2.22. The van der Waals surface area contributed by atoms with Crippen molar-refractivity contribution in [3.63, 3.8) is 0 Å². The lowest BCUT2D eigenvalue weighted by molar-refractivity contribution is -0.132. The number of rotatable bonds is 3. The number of nitrogen functional groups attached to an aromatic ring is 1. The molecule has 1 atom stereocenters. The quantitative estimate of drug-likeness (QED) is 0.529. The second-order valence-electron chi connectivity index (χ2n) is 4.65. The SMILES string of the molecule is CN1CC(NC(=O)c2ccnc(NN)c2F)CCC1=O. The summed E-state index contributed by atoms with van der Waals surface area (Å²) in [7, 11) is 1.67. The first-order chi connectivity index (χ1) is 9.52. The van der Waals surface area contributed by atoms with E-state index in [0.29, 0.717) is 19.4 Å². The van der Waals surface area contributed by atoms with Crippen molar-refractivity contribution in [3.8, 4) is 0 Å². The van der Waals surface area contributed by atoms with Crippen LogP contribution in [-0.4, -0.2) is 41.3 Å². The second-order valence-corrected chi connectivity index (χ2v) is 4.65.